The summed E-state index contributed by atoms with van der Waals surface area (Å²) in [4.78, 5) is 19.3. The fraction of sp³-hybridized carbons (Fsp3) is 0.212. The number of benzene rings is 4. The highest BCUT2D eigenvalue weighted by Gasteiger charge is 2.53. The molecule has 0 fully saturated rings. The number of aliphatic hydroxyl groups is 1. The molecule has 9 heteroatoms. The van der Waals surface area contributed by atoms with Crippen LogP contribution in [0.25, 0.3) is 0 Å². The molecular weight excluding hydrogens is 667 g/mol. The summed E-state index contributed by atoms with van der Waals surface area (Å²) in [6, 6.07) is 28.9. The van der Waals surface area contributed by atoms with Crippen molar-refractivity contribution in [3.63, 3.8) is 0 Å². The van der Waals surface area contributed by atoms with Crippen LogP contribution in [-0.2, 0) is 22.5 Å². The summed E-state index contributed by atoms with van der Waals surface area (Å²) < 4.78 is 27.9. The third kappa shape index (κ3) is 7.09. The van der Waals surface area contributed by atoms with Crippen LogP contribution in [0.5, 0.6) is 5.75 Å². The van der Waals surface area contributed by atoms with Gasteiger partial charge in [0.1, 0.15) is 11.6 Å². The number of nitrogens with zero attached hydrogens (tertiary/aromatic N) is 1. The first-order valence-electron chi connectivity index (χ1n) is 13.5. The SMILES string of the molecule is O=C(NCc1cccc(F)c1)[C@]1(Cc2ccc(Br)cc2)N=C(c2ccc(OCCCO)cc2)O[C@@H]1c1ccc(Br)cc1. The molecule has 216 valence electrons. The summed E-state index contributed by atoms with van der Waals surface area (Å²) in [6.07, 6.45) is 0.0645. The average molecular weight is 696 g/mol. The van der Waals surface area contributed by atoms with E-state index in [-0.39, 0.29) is 31.3 Å². The molecule has 0 radical (unpaired) electrons. The maximum absolute atomic E-state index is 14.3. The van der Waals surface area contributed by atoms with Crippen molar-refractivity contribution in [1.82, 2.24) is 5.32 Å². The van der Waals surface area contributed by atoms with E-state index >= 15 is 0 Å². The number of halogens is 3. The maximum atomic E-state index is 14.3. The number of aliphatic hydroxyl groups excluding tert-OH is 1. The van der Waals surface area contributed by atoms with Crippen molar-refractivity contribution in [3.05, 3.63) is 134 Å². The molecule has 0 unspecified atom stereocenters. The van der Waals surface area contributed by atoms with E-state index in [1.54, 1.807) is 12.1 Å². The number of hydrogen-bond donors (Lipinski definition) is 2. The number of aliphatic imine (C=N–C) groups is 1. The Bertz CT molecular complexity index is 1550. The Morgan fingerprint density at radius 2 is 1.64 bits per heavy atom. The minimum absolute atomic E-state index is 0.0574. The van der Waals surface area contributed by atoms with Crippen LogP contribution in [0.1, 0.15) is 34.8 Å². The lowest BCUT2D eigenvalue weighted by Gasteiger charge is -2.31. The van der Waals surface area contributed by atoms with Crippen LogP contribution in [0.15, 0.2) is 111 Å². The molecule has 0 saturated carbocycles. The molecule has 0 aromatic heterocycles. The van der Waals surface area contributed by atoms with Gasteiger partial charge in [-0.2, -0.15) is 0 Å². The fourth-order valence-corrected chi connectivity index (χ4v) is 5.34. The standard InChI is InChI=1S/C33H29Br2FN2O4/c34-26-11-5-22(6-12-26)20-33(32(40)37-21-23-3-1-4-28(36)19-23)30(24-7-13-27(35)14-8-24)42-31(38-33)25-9-15-29(16-10-25)41-18-2-17-39/h1,3-16,19,30,39H,2,17-18,20-21H2,(H,37,40)/t30-,33-/m1/s1. The molecule has 0 bridgehead atoms. The van der Waals surface area contributed by atoms with E-state index < -0.39 is 11.6 Å². The van der Waals surface area contributed by atoms with Gasteiger partial charge >= 0.3 is 0 Å². The Morgan fingerprint density at radius 3 is 2.31 bits per heavy atom. The van der Waals surface area contributed by atoms with E-state index in [0.29, 0.717) is 35.8 Å². The molecule has 4 aromatic carbocycles. The number of rotatable bonds is 11. The monoisotopic (exact) mass is 694 g/mol. The zero-order valence-corrected chi connectivity index (χ0v) is 25.8. The van der Waals surface area contributed by atoms with Gasteiger partial charge in [-0.15, -0.1) is 0 Å². The molecule has 1 heterocycles. The van der Waals surface area contributed by atoms with Crippen molar-refractivity contribution < 1.29 is 23.8 Å². The average Bonchev–Trinajstić information content (AvgIpc) is 3.38. The molecule has 2 atom stereocenters. The quantitative estimate of drug-likeness (QED) is 0.167. The Labute approximate surface area is 260 Å². The maximum Gasteiger partial charge on any atom is 0.252 e. The number of amides is 1. The van der Waals surface area contributed by atoms with Crippen LogP contribution in [0.3, 0.4) is 0 Å². The Hall–Kier alpha value is -3.53. The zero-order chi connectivity index (χ0) is 29.5. The third-order valence-corrected chi connectivity index (χ3v) is 7.99. The van der Waals surface area contributed by atoms with Crippen LogP contribution in [0.2, 0.25) is 0 Å². The number of carbonyl (C=O) groups is 1. The molecule has 4 aromatic rings. The lowest BCUT2D eigenvalue weighted by molar-refractivity contribution is -0.129. The predicted octanol–water partition coefficient (Wildman–Crippen LogP) is 6.93. The molecule has 1 aliphatic rings. The van der Waals surface area contributed by atoms with Crippen molar-refractivity contribution in [1.29, 1.82) is 0 Å². The second-order valence-electron chi connectivity index (χ2n) is 9.96. The molecule has 1 amide bonds. The van der Waals surface area contributed by atoms with Crippen LogP contribution < -0.4 is 10.1 Å². The van der Waals surface area contributed by atoms with Gasteiger partial charge in [0.15, 0.2) is 11.6 Å². The number of hydrogen-bond acceptors (Lipinski definition) is 5. The van der Waals surface area contributed by atoms with Crippen molar-refractivity contribution in [2.75, 3.05) is 13.2 Å². The number of nitrogens with one attached hydrogen (secondary N) is 1. The minimum atomic E-state index is -1.36. The largest absolute Gasteiger partial charge is 0.494 e. The molecule has 1 aliphatic heterocycles. The highest BCUT2D eigenvalue weighted by atomic mass is 79.9. The predicted molar refractivity (Wildman–Crippen MR) is 167 cm³/mol. The number of ether oxygens (including phenoxy) is 2. The summed E-state index contributed by atoms with van der Waals surface area (Å²) in [5, 5.41) is 12.0. The summed E-state index contributed by atoms with van der Waals surface area (Å²) >= 11 is 6.99. The van der Waals surface area contributed by atoms with E-state index in [2.05, 4.69) is 37.2 Å². The number of carbonyl (C=O) groups excluding carboxylic acids is 1. The second-order valence-corrected chi connectivity index (χ2v) is 11.8. The van der Waals surface area contributed by atoms with Gasteiger partial charge in [-0.25, -0.2) is 9.38 Å². The summed E-state index contributed by atoms with van der Waals surface area (Å²) in [5.74, 6) is 0.293. The van der Waals surface area contributed by atoms with Gasteiger partial charge < -0.3 is 19.9 Å². The third-order valence-electron chi connectivity index (χ3n) is 6.93. The van der Waals surface area contributed by atoms with Gasteiger partial charge in [-0.3, -0.25) is 4.79 Å². The van der Waals surface area contributed by atoms with E-state index in [4.69, 9.17) is 19.6 Å². The normalized spacial score (nSPS) is 17.8. The highest BCUT2D eigenvalue weighted by molar-refractivity contribution is 9.10. The minimum Gasteiger partial charge on any atom is -0.494 e. The van der Waals surface area contributed by atoms with Crippen LogP contribution in [0.4, 0.5) is 4.39 Å². The molecule has 42 heavy (non-hydrogen) atoms. The van der Waals surface area contributed by atoms with E-state index in [1.165, 1.54) is 12.1 Å². The Kier molecular flexibility index (Phi) is 9.72. The van der Waals surface area contributed by atoms with Gasteiger partial charge in [-0.05, 0) is 77.4 Å². The van der Waals surface area contributed by atoms with Gasteiger partial charge in [-0.1, -0.05) is 68.3 Å². The lowest BCUT2D eigenvalue weighted by atomic mass is 9.82. The van der Waals surface area contributed by atoms with E-state index in [0.717, 1.165) is 20.1 Å². The van der Waals surface area contributed by atoms with Crippen molar-refractivity contribution >= 4 is 43.7 Å². The van der Waals surface area contributed by atoms with Gasteiger partial charge in [0.25, 0.3) is 5.91 Å². The molecule has 0 saturated heterocycles. The molecule has 0 spiro atoms. The van der Waals surface area contributed by atoms with Crippen LogP contribution in [0, 0.1) is 5.82 Å². The van der Waals surface area contributed by atoms with Crippen molar-refractivity contribution in [3.8, 4) is 5.75 Å². The van der Waals surface area contributed by atoms with Crippen LogP contribution in [-0.4, -0.2) is 35.7 Å². The smallest absolute Gasteiger partial charge is 0.252 e. The Morgan fingerprint density at radius 1 is 0.952 bits per heavy atom. The molecule has 5 rings (SSSR count). The Balaban J connectivity index is 1.55. The fourth-order valence-electron chi connectivity index (χ4n) is 4.82. The molecular formula is C33H29Br2FN2O4. The molecule has 6 nitrogen and oxygen atoms in total. The zero-order valence-electron chi connectivity index (χ0n) is 22.6. The molecule has 0 aliphatic carbocycles. The highest BCUT2D eigenvalue weighted by Crippen LogP contribution is 2.43. The van der Waals surface area contributed by atoms with Crippen molar-refractivity contribution in [2.24, 2.45) is 4.99 Å². The second kappa shape index (κ2) is 13.6. The first-order valence-corrected chi connectivity index (χ1v) is 15.1. The molecule has 2 N–H and O–H groups in total. The first kappa shape index (κ1) is 29.9. The van der Waals surface area contributed by atoms with Crippen LogP contribution >= 0.6 is 31.9 Å². The first-order chi connectivity index (χ1) is 20.4. The van der Waals surface area contributed by atoms with E-state index in [1.807, 2.05) is 72.8 Å². The van der Waals surface area contributed by atoms with Gasteiger partial charge in [0.2, 0.25) is 5.90 Å². The van der Waals surface area contributed by atoms with E-state index in [9.17, 15) is 9.18 Å². The van der Waals surface area contributed by atoms with Crippen molar-refractivity contribution in [2.45, 2.75) is 31.0 Å². The summed E-state index contributed by atoms with van der Waals surface area (Å²) in [5.41, 5.74) is 1.67. The lowest BCUT2D eigenvalue weighted by Crippen LogP contribution is -2.49. The van der Waals surface area contributed by atoms with Gasteiger partial charge in [0, 0.05) is 40.5 Å². The van der Waals surface area contributed by atoms with Gasteiger partial charge in [0.05, 0.1) is 6.61 Å². The summed E-state index contributed by atoms with van der Waals surface area (Å²) in [7, 11) is 0. The summed E-state index contributed by atoms with van der Waals surface area (Å²) in [6.45, 7) is 0.596. The topological polar surface area (TPSA) is 80.2 Å².